The molecule has 0 radical (unpaired) electrons. The van der Waals surface area contributed by atoms with Crippen molar-refractivity contribution < 1.29 is 14.6 Å². The van der Waals surface area contributed by atoms with Gasteiger partial charge in [0.15, 0.2) is 0 Å². The van der Waals surface area contributed by atoms with Gasteiger partial charge >= 0.3 is 5.97 Å². The minimum atomic E-state index is -0.501. The largest absolute Gasteiger partial charge is 0.457 e. The van der Waals surface area contributed by atoms with E-state index in [1.165, 1.54) is 17.7 Å². The van der Waals surface area contributed by atoms with Crippen molar-refractivity contribution >= 4 is 33.3 Å². The van der Waals surface area contributed by atoms with Crippen LogP contribution in [0.1, 0.15) is 27.7 Å². The molecule has 0 aliphatic carbocycles. The van der Waals surface area contributed by atoms with Gasteiger partial charge in [0.1, 0.15) is 28.5 Å². The molecule has 0 saturated heterocycles. The molecule has 0 aliphatic rings. The van der Waals surface area contributed by atoms with Gasteiger partial charge in [0.2, 0.25) is 0 Å². The van der Waals surface area contributed by atoms with Crippen molar-refractivity contribution in [2.75, 3.05) is 11.9 Å². The van der Waals surface area contributed by atoms with Crippen LogP contribution in [0.5, 0.6) is 0 Å². The minimum Gasteiger partial charge on any atom is -0.457 e. The van der Waals surface area contributed by atoms with Crippen molar-refractivity contribution in [1.82, 2.24) is 9.97 Å². The van der Waals surface area contributed by atoms with Gasteiger partial charge in [0, 0.05) is 6.54 Å². The first kappa shape index (κ1) is 17.3. The Kier molecular flexibility index (Phi) is 5.25. The number of ether oxygens (including phenoxy) is 1. The lowest BCUT2D eigenvalue weighted by Gasteiger charge is -2.08. The third-order valence-electron chi connectivity index (χ3n) is 3.69. The SMILES string of the molecule is Cc1c(C(=O)OCc2ccccc2)sc2ncnc(NCC(C)O)c12. The fourth-order valence-electron chi connectivity index (χ4n) is 2.43. The van der Waals surface area contributed by atoms with E-state index in [1.807, 2.05) is 37.3 Å². The minimum absolute atomic E-state index is 0.228. The van der Waals surface area contributed by atoms with Gasteiger partial charge in [-0.2, -0.15) is 0 Å². The van der Waals surface area contributed by atoms with E-state index in [-0.39, 0.29) is 12.6 Å². The van der Waals surface area contributed by atoms with Crippen LogP contribution in [0.4, 0.5) is 5.82 Å². The van der Waals surface area contributed by atoms with E-state index in [1.54, 1.807) is 6.92 Å². The molecule has 1 atom stereocenters. The van der Waals surface area contributed by atoms with E-state index in [4.69, 9.17) is 4.74 Å². The molecule has 2 N–H and O–H groups in total. The van der Waals surface area contributed by atoms with Crippen LogP contribution < -0.4 is 5.32 Å². The number of nitrogens with zero attached hydrogens (tertiary/aromatic N) is 2. The summed E-state index contributed by atoms with van der Waals surface area (Å²) in [6, 6.07) is 9.55. The average Bonchev–Trinajstić information content (AvgIpc) is 2.96. The number of rotatable bonds is 6. The zero-order chi connectivity index (χ0) is 17.8. The average molecular weight is 357 g/mol. The quantitative estimate of drug-likeness (QED) is 0.659. The lowest BCUT2D eigenvalue weighted by molar-refractivity contribution is 0.0478. The Morgan fingerprint density at radius 1 is 1.32 bits per heavy atom. The molecule has 2 aromatic heterocycles. The third kappa shape index (κ3) is 3.94. The molecule has 0 fully saturated rings. The first-order chi connectivity index (χ1) is 12.1. The standard InChI is InChI=1S/C18H19N3O3S/c1-11(22)8-19-16-14-12(2)15(25-17(14)21-10-20-16)18(23)24-9-13-6-4-3-5-7-13/h3-7,10-11,22H,8-9H2,1-2H3,(H,19,20,21). The predicted molar refractivity (Wildman–Crippen MR) is 97.9 cm³/mol. The monoisotopic (exact) mass is 357 g/mol. The highest BCUT2D eigenvalue weighted by atomic mass is 32.1. The second-order valence-corrected chi connectivity index (χ2v) is 6.75. The number of hydrogen-bond donors (Lipinski definition) is 2. The zero-order valence-electron chi connectivity index (χ0n) is 14.0. The third-order valence-corrected chi connectivity index (χ3v) is 4.87. The number of nitrogens with one attached hydrogen (secondary N) is 1. The number of carbonyl (C=O) groups is 1. The number of carbonyl (C=O) groups excluding carboxylic acids is 1. The van der Waals surface area contributed by atoms with E-state index in [0.717, 1.165) is 16.5 Å². The summed E-state index contributed by atoms with van der Waals surface area (Å²) >= 11 is 1.29. The molecule has 2 heterocycles. The topological polar surface area (TPSA) is 84.3 Å². The van der Waals surface area contributed by atoms with Crippen LogP contribution in [0.3, 0.4) is 0 Å². The number of thiophene rings is 1. The highest BCUT2D eigenvalue weighted by molar-refractivity contribution is 7.20. The molecule has 1 aromatic carbocycles. The summed E-state index contributed by atoms with van der Waals surface area (Å²) < 4.78 is 5.43. The van der Waals surface area contributed by atoms with Crippen LogP contribution in [-0.4, -0.2) is 33.7 Å². The van der Waals surface area contributed by atoms with Gasteiger partial charge in [-0.3, -0.25) is 0 Å². The molecule has 25 heavy (non-hydrogen) atoms. The maximum absolute atomic E-state index is 12.5. The fraction of sp³-hybridized carbons (Fsp3) is 0.278. The molecule has 0 bridgehead atoms. The first-order valence-electron chi connectivity index (χ1n) is 7.93. The Hall–Kier alpha value is -2.51. The van der Waals surface area contributed by atoms with Gasteiger partial charge in [0.05, 0.1) is 11.5 Å². The molecule has 7 heteroatoms. The molecule has 0 aliphatic heterocycles. The Bertz CT molecular complexity index is 878. The molecule has 0 saturated carbocycles. The summed E-state index contributed by atoms with van der Waals surface area (Å²) in [4.78, 5) is 22.2. The summed E-state index contributed by atoms with van der Waals surface area (Å²) in [6.07, 6.45) is 0.945. The number of benzene rings is 1. The van der Waals surface area contributed by atoms with Crippen molar-refractivity contribution in [3.8, 4) is 0 Å². The molecule has 3 rings (SSSR count). The lowest BCUT2D eigenvalue weighted by Crippen LogP contribution is -2.16. The molecular formula is C18H19N3O3S. The maximum atomic E-state index is 12.5. The number of aliphatic hydroxyl groups excluding tert-OH is 1. The highest BCUT2D eigenvalue weighted by Crippen LogP contribution is 2.33. The maximum Gasteiger partial charge on any atom is 0.349 e. The number of anilines is 1. The van der Waals surface area contributed by atoms with Gasteiger partial charge in [-0.25, -0.2) is 14.8 Å². The van der Waals surface area contributed by atoms with E-state index in [9.17, 15) is 9.90 Å². The summed E-state index contributed by atoms with van der Waals surface area (Å²) in [5, 5.41) is 13.3. The number of aromatic nitrogens is 2. The summed E-state index contributed by atoms with van der Waals surface area (Å²) in [7, 11) is 0. The highest BCUT2D eigenvalue weighted by Gasteiger charge is 2.20. The van der Waals surface area contributed by atoms with Gasteiger partial charge < -0.3 is 15.2 Å². The molecule has 0 amide bonds. The number of hydrogen-bond acceptors (Lipinski definition) is 7. The van der Waals surface area contributed by atoms with Crippen molar-refractivity contribution in [3.05, 3.63) is 52.7 Å². The molecule has 1 unspecified atom stereocenters. The molecule has 130 valence electrons. The number of aryl methyl sites for hydroxylation is 1. The number of aliphatic hydroxyl groups is 1. The van der Waals surface area contributed by atoms with Gasteiger partial charge in [-0.15, -0.1) is 11.3 Å². The van der Waals surface area contributed by atoms with Crippen molar-refractivity contribution in [2.24, 2.45) is 0 Å². The summed E-state index contributed by atoms with van der Waals surface area (Å²) in [5.74, 6) is 0.243. The van der Waals surface area contributed by atoms with Crippen LogP contribution in [0.15, 0.2) is 36.7 Å². The Balaban J connectivity index is 1.83. The van der Waals surface area contributed by atoms with Crippen LogP contribution in [0, 0.1) is 6.92 Å². The molecule has 0 spiro atoms. The van der Waals surface area contributed by atoms with Crippen molar-refractivity contribution in [3.63, 3.8) is 0 Å². The second kappa shape index (κ2) is 7.58. The first-order valence-corrected chi connectivity index (χ1v) is 8.75. The van der Waals surface area contributed by atoms with E-state index < -0.39 is 6.10 Å². The van der Waals surface area contributed by atoms with Gasteiger partial charge in [-0.1, -0.05) is 30.3 Å². The van der Waals surface area contributed by atoms with Crippen molar-refractivity contribution in [1.29, 1.82) is 0 Å². The smallest absolute Gasteiger partial charge is 0.349 e. The summed E-state index contributed by atoms with van der Waals surface area (Å²) in [6.45, 7) is 4.15. The molecule has 6 nitrogen and oxygen atoms in total. The van der Waals surface area contributed by atoms with E-state index >= 15 is 0 Å². The van der Waals surface area contributed by atoms with Gasteiger partial charge in [0.25, 0.3) is 0 Å². The zero-order valence-corrected chi connectivity index (χ0v) is 14.8. The van der Waals surface area contributed by atoms with Crippen LogP contribution in [0.25, 0.3) is 10.2 Å². The molecular weight excluding hydrogens is 338 g/mol. The van der Waals surface area contributed by atoms with Crippen molar-refractivity contribution in [2.45, 2.75) is 26.6 Å². The van der Waals surface area contributed by atoms with Crippen LogP contribution >= 0.6 is 11.3 Å². The Morgan fingerprint density at radius 3 is 2.80 bits per heavy atom. The number of fused-ring (bicyclic) bond motifs is 1. The fourth-order valence-corrected chi connectivity index (χ4v) is 3.48. The summed E-state index contributed by atoms with van der Waals surface area (Å²) in [5.41, 5.74) is 1.72. The lowest BCUT2D eigenvalue weighted by atomic mass is 10.2. The number of esters is 1. The normalized spacial score (nSPS) is 12.1. The second-order valence-electron chi connectivity index (χ2n) is 5.75. The Labute approximate surface area is 149 Å². The Morgan fingerprint density at radius 2 is 2.08 bits per heavy atom. The van der Waals surface area contributed by atoms with E-state index in [2.05, 4.69) is 15.3 Å². The van der Waals surface area contributed by atoms with Crippen LogP contribution in [0.2, 0.25) is 0 Å². The van der Waals surface area contributed by atoms with Crippen LogP contribution in [-0.2, 0) is 11.3 Å². The predicted octanol–water partition coefficient (Wildman–Crippen LogP) is 3.15. The van der Waals surface area contributed by atoms with Gasteiger partial charge in [-0.05, 0) is 25.0 Å². The molecule has 3 aromatic rings. The van der Waals surface area contributed by atoms with E-state index in [0.29, 0.717) is 22.1 Å².